The largest absolute Gasteiger partial charge is 0.478 e. The predicted molar refractivity (Wildman–Crippen MR) is 77.2 cm³/mol. The van der Waals surface area contributed by atoms with E-state index in [0.29, 0.717) is 13.2 Å². The Kier molecular flexibility index (Phi) is 5.16. The molecule has 1 aromatic rings. The Balaban J connectivity index is 1.68. The molecule has 0 unspecified atom stereocenters. The number of aromatic carboxylic acids is 1. The third kappa shape index (κ3) is 4.46. The summed E-state index contributed by atoms with van der Waals surface area (Å²) in [5.74, 6) is -0.957. The third-order valence-corrected chi connectivity index (χ3v) is 3.49. The predicted octanol–water partition coefficient (Wildman–Crippen LogP) is 1.75. The summed E-state index contributed by atoms with van der Waals surface area (Å²) in [6.45, 7) is 3.03. The Morgan fingerprint density at radius 3 is 2.52 bits per heavy atom. The van der Waals surface area contributed by atoms with Gasteiger partial charge in [0.15, 0.2) is 0 Å². The van der Waals surface area contributed by atoms with Gasteiger partial charge in [0.25, 0.3) is 0 Å². The molecule has 1 aromatic carbocycles. The molecule has 2 amide bonds. The van der Waals surface area contributed by atoms with Crippen molar-refractivity contribution in [3.05, 3.63) is 35.4 Å². The van der Waals surface area contributed by atoms with Gasteiger partial charge in [0, 0.05) is 19.2 Å². The molecule has 0 aliphatic heterocycles. The van der Waals surface area contributed by atoms with Crippen molar-refractivity contribution in [1.29, 1.82) is 0 Å². The summed E-state index contributed by atoms with van der Waals surface area (Å²) in [5.41, 5.74) is 1.09. The molecule has 1 aliphatic carbocycles. The highest BCUT2D eigenvalue weighted by Crippen LogP contribution is 2.22. The number of rotatable bonds is 6. The molecule has 0 aromatic heterocycles. The van der Waals surface area contributed by atoms with Crippen LogP contribution in [0.25, 0.3) is 0 Å². The van der Waals surface area contributed by atoms with E-state index in [4.69, 9.17) is 9.84 Å². The molecule has 6 nitrogen and oxygen atoms in total. The van der Waals surface area contributed by atoms with Crippen LogP contribution in [0, 0.1) is 0 Å². The van der Waals surface area contributed by atoms with Crippen molar-refractivity contribution in [2.75, 3.05) is 6.61 Å². The van der Waals surface area contributed by atoms with E-state index in [1.54, 1.807) is 12.1 Å². The highest BCUT2D eigenvalue weighted by Gasteiger charge is 2.30. The minimum absolute atomic E-state index is 0.177. The molecule has 1 aliphatic rings. The van der Waals surface area contributed by atoms with Gasteiger partial charge in [-0.05, 0) is 37.5 Å². The first-order chi connectivity index (χ1) is 10.1. The number of carboxylic acid groups (broad SMARTS) is 1. The smallest absolute Gasteiger partial charge is 0.335 e. The van der Waals surface area contributed by atoms with Gasteiger partial charge in [-0.15, -0.1) is 0 Å². The number of carbonyl (C=O) groups is 2. The second-order valence-corrected chi connectivity index (χ2v) is 5.07. The van der Waals surface area contributed by atoms with E-state index in [2.05, 4.69) is 10.6 Å². The van der Waals surface area contributed by atoms with Crippen molar-refractivity contribution in [2.45, 2.75) is 38.5 Å². The molecule has 2 rings (SSSR count). The Morgan fingerprint density at radius 2 is 1.95 bits per heavy atom. The van der Waals surface area contributed by atoms with Crippen molar-refractivity contribution < 1.29 is 19.4 Å². The van der Waals surface area contributed by atoms with Crippen LogP contribution in [-0.4, -0.2) is 35.9 Å². The summed E-state index contributed by atoms with van der Waals surface area (Å²) in [7, 11) is 0. The number of urea groups is 1. The Hall–Kier alpha value is -2.08. The van der Waals surface area contributed by atoms with Crippen molar-refractivity contribution in [3.8, 4) is 0 Å². The maximum atomic E-state index is 11.7. The monoisotopic (exact) mass is 292 g/mol. The highest BCUT2D eigenvalue weighted by molar-refractivity contribution is 5.87. The Morgan fingerprint density at radius 1 is 1.29 bits per heavy atom. The number of hydrogen-bond donors (Lipinski definition) is 3. The van der Waals surface area contributed by atoms with Crippen molar-refractivity contribution in [2.24, 2.45) is 0 Å². The second kappa shape index (κ2) is 7.08. The fourth-order valence-electron chi connectivity index (χ4n) is 2.24. The van der Waals surface area contributed by atoms with Crippen molar-refractivity contribution in [3.63, 3.8) is 0 Å². The molecule has 114 valence electrons. The summed E-state index contributed by atoms with van der Waals surface area (Å²) in [5, 5.41) is 14.4. The molecule has 3 N–H and O–H groups in total. The number of amides is 2. The number of ether oxygens (including phenoxy) is 1. The van der Waals surface area contributed by atoms with Crippen LogP contribution in [0.3, 0.4) is 0 Å². The molecule has 1 fully saturated rings. The van der Waals surface area contributed by atoms with Gasteiger partial charge in [-0.25, -0.2) is 9.59 Å². The van der Waals surface area contributed by atoms with Gasteiger partial charge >= 0.3 is 12.0 Å². The van der Waals surface area contributed by atoms with Crippen LogP contribution in [0.15, 0.2) is 24.3 Å². The SMILES string of the molecule is CCOC1CC(NC(=O)NCc2ccc(C(=O)O)cc2)C1. The third-order valence-electron chi connectivity index (χ3n) is 3.49. The quantitative estimate of drug-likeness (QED) is 0.745. The Bertz CT molecular complexity index is 495. The average molecular weight is 292 g/mol. The summed E-state index contributed by atoms with van der Waals surface area (Å²) < 4.78 is 5.43. The summed E-state index contributed by atoms with van der Waals surface area (Å²) in [6.07, 6.45) is 1.98. The van der Waals surface area contributed by atoms with E-state index in [-0.39, 0.29) is 23.7 Å². The van der Waals surface area contributed by atoms with Gasteiger partial charge < -0.3 is 20.5 Å². The maximum absolute atomic E-state index is 11.7. The molecule has 21 heavy (non-hydrogen) atoms. The number of carbonyl (C=O) groups excluding carboxylic acids is 1. The number of carboxylic acids is 1. The van der Waals surface area contributed by atoms with Crippen LogP contribution in [-0.2, 0) is 11.3 Å². The minimum atomic E-state index is -0.957. The molecule has 1 saturated carbocycles. The van der Waals surface area contributed by atoms with Gasteiger partial charge in [-0.1, -0.05) is 12.1 Å². The number of hydrogen-bond acceptors (Lipinski definition) is 3. The fraction of sp³-hybridized carbons (Fsp3) is 0.467. The molecule has 0 atom stereocenters. The summed E-state index contributed by atoms with van der Waals surface area (Å²) >= 11 is 0. The van der Waals surface area contributed by atoms with E-state index in [0.717, 1.165) is 18.4 Å². The normalized spacial score (nSPS) is 20.4. The lowest BCUT2D eigenvalue weighted by molar-refractivity contribution is -0.00709. The molecule has 6 heteroatoms. The standard InChI is InChI=1S/C15H20N2O4/c1-2-21-13-7-12(8-13)17-15(20)16-9-10-3-5-11(6-4-10)14(18)19/h3-6,12-13H,2,7-9H2,1H3,(H,18,19)(H2,16,17,20). The molecule has 0 spiro atoms. The fourth-order valence-corrected chi connectivity index (χ4v) is 2.24. The lowest BCUT2D eigenvalue weighted by atomic mass is 9.89. The maximum Gasteiger partial charge on any atom is 0.335 e. The van der Waals surface area contributed by atoms with E-state index >= 15 is 0 Å². The average Bonchev–Trinajstić information content (AvgIpc) is 2.43. The highest BCUT2D eigenvalue weighted by atomic mass is 16.5. The lowest BCUT2D eigenvalue weighted by Crippen LogP contribution is -2.50. The molecule has 0 bridgehead atoms. The molecular weight excluding hydrogens is 272 g/mol. The zero-order chi connectivity index (χ0) is 15.2. The van der Waals surface area contributed by atoms with Crippen molar-refractivity contribution >= 4 is 12.0 Å². The van der Waals surface area contributed by atoms with Crippen LogP contribution in [0.1, 0.15) is 35.7 Å². The van der Waals surface area contributed by atoms with Gasteiger partial charge in [0.1, 0.15) is 0 Å². The van der Waals surface area contributed by atoms with Crippen LogP contribution in [0.2, 0.25) is 0 Å². The van der Waals surface area contributed by atoms with Crippen LogP contribution < -0.4 is 10.6 Å². The summed E-state index contributed by atoms with van der Waals surface area (Å²) in [4.78, 5) is 22.4. The Labute approximate surface area is 123 Å². The number of nitrogens with one attached hydrogen (secondary N) is 2. The molecule has 0 heterocycles. The lowest BCUT2D eigenvalue weighted by Gasteiger charge is -2.35. The first kappa shape index (κ1) is 15.3. The van der Waals surface area contributed by atoms with E-state index in [1.165, 1.54) is 12.1 Å². The van der Waals surface area contributed by atoms with Crippen molar-refractivity contribution in [1.82, 2.24) is 10.6 Å². The molecule has 0 radical (unpaired) electrons. The van der Waals surface area contributed by atoms with E-state index in [9.17, 15) is 9.59 Å². The summed E-state index contributed by atoms with van der Waals surface area (Å²) in [6, 6.07) is 6.40. The van der Waals surface area contributed by atoms with Crippen LogP contribution in [0.5, 0.6) is 0 Å². The van der Waals surface area contributed by atoms with E-state index in [1.807, 2.05) is 6.92 Å². The first-order valence-electron chi connectivity index (χ1n) is 7.06. The van der Waals surface area contributed by atoms with Crippen LogP contribution >= 0.6 is 0 Å². The van der Waals surface area contributed by atoms with Gasteiger partial charge in [0.2, 0.25) is 0 Å². The topological polar surface area (TPSA) is 87.7 Å². The second-order valence-electron chi connectivity index (χ2n) is 5.07. The van der Waals surface area contributed by atoms with Gasteiger partial charge in [-0.3, -0.25) is 0 Å². The molecular formula is C15H20N2O4. The van der Waals surface area contributed by atoms with Crippen LogP contribution in [0.4, 0.5) is 4.79 Å². The van der Waals surface area contributed by atoms with Gasteiger partial charge in [-0.2, -0.15) is 0 Å². The van der Waals surface area contributed by atoms with E-state index < -0.39 is 5.97 Å². The first-order valence-corrected chi connectivity index (χ1v) is 7.06. The zero-order valence-corrected chi connectivity index (χ0v) is 12.0. The molecule has 0 saturated heterocycles. The van der Waals surface area contributed by atoms with Gasteiger partial charge in [0.05, 0.1) is 11.7 Å². The zero-order valence-electron chi connectivity index (χ0n) is 12.0. The minimum Gasteiger partial charge on any atom is -0.478 e. The number of benzene rings is 1.